The Labute approximate surface area is 276 Å². The van der Waals surface area contributed by atoms with Gasteiger partial charge in [-0.2, -0.15) is 0 Å². The fraction of sp³-hybridized carbons (Fsp3) is 0.412. The molecule has 48 heavy (non-hydrogen) atoms. The molecule has 3 aromatic rings. The van der Waals surface area contributed by atoms with Gasteiger partial charge in [0.1, 0.15) is 12.2 Å². The normalized spacial score (nSPS) is 24.7. The minimum atomic E-state index is -1.29. The van der Waals surface area contributed by atoms with Crippen LogP contribution in [0.5, 0.6) is 34.5 Å². The smallest absolute Gasteiger partial charge is 0.339 e. The summed E-state index contributed by atoms with van der Waals surface area (Å²) in [6.45, 7) is 0.0747. The highest BCUT2D eigenvalue weighted by Crippen LogP contribution is 2.55. The molecule has 0 N–H and O–H groups in total. The second kappa shape index (κ2) is 13.8. The Bertz CT molecular complexity index is 1670. The topological polar surface area (TPSA) is 145 Å². The summed E-state index contributed by atoms with van der Waals surface area (Å²) in [6, 6.07) is 12.1. The van der Waals surface area contributed by atoms with Gasteiger partial charge in [-0.05, 0) is 12.1 Å². The van der Waals surface area contributed by atoms with Gasteiger partial charge in [-0.25, -0.2) is 9.59 Å². The molecule has 6 rings (SSSR count). The zero-order valence-corrected chi connectivity index (χ0v) is 27.4. The van der Waals surface area contributed by atoms with Gasteiger partial charge in [-0.3, -0.25) is 0 Å². The van der Waals surface area contributed by atoms with Crippen molar-refractivity contribution in [3.8, 4) is 45.6 Å². The molecule has 3 aliphatic heterocycles. The van der Waals surface area contributed by atoms with Gasteiger partial charge in [0.2, 0.25) is 11.5 Å². The Morgan fingerprint density at radius 3 is 1.60 bits per heavy atom. The maximum atomic E-state index is 14.5. The first-order valence-corrected chi connectivity index (χ1v) is 14.9. The van der Waals surface area contributed by atoms with Crippen molar-refractivity contribution in [3.05, 3.63) is 59.2 Å². The second-order valence-electron chi connectivity index (χ2n) is 10.8. The molecule has 0 unspecified atom stereocenters. The van der Waals surface area contributed by atoms with Gasteiger partial charge >= 0.3 is 11.9 Å². The molecular weight excluding hydrogens is 632 g/mol. The molecule has 2 saturated heterocycles. The van der Waals surface area contributed by atoms with Crippen LogP contribution in [0.4, 0.5) is 0 Å². The number of esters is 2. The van der Waals surface area contributed by atoms with Crippen LogP contribution in [0.2, 0.25) is 0 Å². The van der Waals surface area contributed by atoms with E-state index in [0.29, 0.717) is 0 Å². The zero-order chi connectivity index (χ0) is 34.1. The molecular formula is C34H36O14. The lowest BCUT2D eigenvalue weighted by atomic mass is 9.90. The lowest BCUT2D eigenvalue weighted by Crippen LogP contribution is -2.64. The van der Waals surface area contributed by atoms with E-state index in [0.717, 1.165) is 5.56 Å². The van der Waals surface area contributed by atoms with Gasteiger partial charge in [0.25, 0.3) is 0 Å². The van der Waals surface area contributed by atoms with E-state index in [1.165, 1.54) is 61.9 Å². The van der Waals surface area contributed by atoms with E-state index >= 15 is 0 Å². The van der Waals surface area contributed by atoms with Crippen molar-refractivity contribution in [1.82, 2.24) is 0 Å². The third kappa shape index (κ3) is 5.49. The first-order valence-electron chi connectivity index (χ1n) is 14.9. The Morgan fingerprint density at radius 2 is 1.12 bits per heavy atom. The predicted molar refractivity (Wildman–Crippen MR) is 165 cm³/mol. The molecule has 3 heterocycles. The first kappa shape index (κ1) is 33.2. The fourth-order valence-corrected chi connectivity index (χ4v) is 6.28. The van der Waals surface area contributed by atoms with E-state index in [9.17, 15) is 9.59 Å². The van der Waals surface area contributed by atoms with Crippen LogP contribution in [-0.4, -0.2) is 99.0 Å². The Balaban J connectivity index is 1.60. The molecule has 0 amide bonds. The summed E-state index contributed by atoms with van der Waals surface area (Å²) in [5.41, 5.74) is 0.798. The number of methoxy groups -OCH3 is 7. The highest BCUT2D eigenvalue weighted by Gasteiger charge is 2.55. The quantitative estimate of drug-likeness (QED) is 0.319. The van der Waals surface area contributed by atoms with Gasteiger partial charge in [0, 0.05) is 23.8 Å². The number of carbonyl (C=O) groups excluding carboxylic acids is 2. The summed E-state index contributed by atoms with van der Waals surface area (Å²) >= 11 is 0. The molecule has 3 aromatic carbocycles. The summed E-state index contributed by atoms with van der Waals surface area (Å²) < 4.78 is 70.7. The van der Waals surface area contributed by atoms with E-state index < -0.39 is 48.9 Å². The van der Waals surface area contributed by atoms with Crippen molar-refractivity contribution in [2.24, 2.45) is 0 Å². The summed E-state index contributed by atoms with van der Waals surface area (Å²) in [4.78, 5) is 28.9. The Morgan fingerprint density at radius 1 is 0.604 bits per heavy atom. The van der Waals surface area contributed by atoms with Crippen LogP contribution in [0.1, 0.15) is 32.6 Å². The van der Waals surface area contributed by atoms with Gasteiger partial charge in [-0.15, -0.1) is 0 Å². The Hall–Kier alpha value is -4.76. The van der Waals surface area contributed by atoms with Crippen molar-refractivity contribution < 1.29 is 66.4 Å². The molecule has 0 bridgehead atoms. The van der Waals surface area contributed by atoms with Gasteiger partial charge in [0.05, 0.1) is 60.4 Å². The molecule has 0 saturated carbocycles. The first-order chi connectivity index (χ1) is 23.3. The van der Waals surface area contributed by atoms with E-state index in [2.05, 4.69) is 0 Å². The largest absolute Gasteiger partial charge is 0.493 e. The van der Waals surface area contributed by atoms with Crippen LogP contribution >= 0.6 is 0 Å². The maximum Gasteiger partial charge on any atom is 0.339 e. The van der Waals surface area contributed by atoms with Crippen LogP contribution in [0.15, 0.2) is 42.5 Å². The minimum Gasteiger partial charge on any atom is -0.493 e. The number of hydrogen-bond acceptors (Lipinski definition) is 14. The molecule has 2 fully saturated rings. The molecule has 14 heteroatoms. The highest BCUT2D eigenvalue weighted by molar-refractivity contribution is 6.09. The van der Waals surface area contributed by atoms with E-state index in [4.69, 9.17) is 56.8 Å². The van der Waals surface area contributed by atoms with E-state index in [1.807, 2.05) is 30.3 Å². The average molecular weight is 669 g/mol. The van der Waals surface area contributed by atoms with Crippen molar-refractivity contribution in [2.75, 3.05) is 56.4 Å². The van der Waals surface area contributed by atoms with E-state index in [1.54, 1.807) is 0 Å². The summed E-state index contributed by atoms with van der Waals surface area (Å²) in [6.07, 6.45) is -6.20. The minimum absolute atomic E-state index is 0.0437. The number of carbonyl (C=O) groups is 2. The Kier molecular flexibility index (Phi) is 9.51. The molecule has 0 aliphatic carbocycles. The molecule has 14 nitrogen and oxygen atoms in total. The zero-order valence-electron chi connectivity index (χ0n) is 27.4. The SMILES string of the molecule is COc1cc2c(c(OC)c1OC)-c1c(cc(OC)c(OC)c1OC)C(=O)O[C@H]1[C@@H](OC)O[C@@H]3CO[C@@H](c4ccccc4)O[C@H]3[C@@H]1OC2=O. The predicted octanol–water partition coefficient (Wildman–Crippen LogP) is 3.96. The fourth-order valence-electron chi connectivity index (χ4n) is 6.28. The molecule has 0 spiro atoms. The number of benzene rings is 3. The summed E-state index contributed by atoms with van der Waals surface area (Å²) in [5, 5.41) is 0. The number of ether oxygens (including phenoxy) is 12. The third-order valence-electron chi connectivity index (χ3n) is 8.42. The molecule has 0 radical (unpaired) electrons. The standard InChI is InChI=1S/C34H36O14/c1-37-19-13-17-22(27(41-5)24(19)39-3)23-18(14-20(38-2)25(40-4)28(23)42-6)32(36)47-30-29(46-31(17)35)26-21(45-34(30)43-7)15-44-33(48-26)16-11-9-8-10-12-16/h8-14,21,26,29-30,33-34H,15H2,1-7H3/t21-,26-,29+,30-,33-,34+/m1/s1. The lowest BCUT2D eigenvalue weighted by molar-refractivity contribution is -0.356. The lowest BCUT2D eigenvalue weighted by Gasteiger charge is -2.48. The van der Waals surface area contributed by atoms with Gasteiger partial charge in [0.15, 0.2) is 47.8 Å². The van der Waals surface area contributed by atoms with Crippen molar-refractivity contribution in [2.45, 2.75) is 37.0 Å². The van der Waals surface area contributed by atoms with Crippen LogP contribution in [-0.2, 0) is 28.4 Å². The monoisotopic (exact) mass is 668 g/mol. The van der Waals surface area contributed by atoms with Crippen LogP contribution in [0.25, 0.3) is 11.1 Å². The maximum absolute atomic E-state index is 14.5. The van der Waals surface area contributed by atoms with Crippen LogP contribution < -0.4 is 28.4 Å². The van der Waals surface area contributed by atoms with Gasteiger partial charge in [-0.1, -0.05) is 30.3 Å². The third-order valence-corrected chi connectivity index (χ3v) is 8.42. The van der Waals surface area contributed by atoms with Gasteiger partial charge < -0.3 is 56.8 Å². The van der Waals surface area contributed by atoms with Crippen LogP contribution in [0.3, 0.4) is 0 Å². The average Bonchev–Trinajstić information content (AvgIpc) is 3.13. The van der Waals surface area contributed by atoms with Crippen molar-refractivity contribution >= 4 is 11.9 Å². The number of hydrogen-bond donors (Lipinski definition) is 0. The molecule has 6 atom stereocenters. The number of rotatable bonds is 8. The number of fused-ring (bicyclic) bond motifs is 6. The molecule has 0 aromatic heterocycles. The summed E-state index contributed by atoms with van der Waals surface area (Å²) in [5.74, 6) is -0.996. The van der Waals surface area contributed by atoms with Crippen molar-refractivity contribution in [1.29, 1.82) is 0 Å². The molecule has 256 valence electrons. The molecule has 3 aliphatic rings. The second-order valence-corrected chi connectivity index (χ2v) is 10.8. The van der Waals surface area contributed by atoms with Crippen molar-refractivity contribution in [3.63, 3.8) is 0 Å². The summed E-state index contributed by atoms with van der Waals surface area (Å²) in [7, 11) is 9.79. The highest BCUT2D eigenvalue weighted by atomic mass is 16.8. The van der Waals surface area contributed by atoms with E-state index in [-0.39, 0.29) is 63.4 Å². The van der Waals surface area contributed by atoms with Crippen LogP contribution in [0, 0.1) is 0 Å².